The number of aromatic nitrogens is 1. The van der Waals surface area contributed by atoms with E-state index in [-0.39, 0.29) is 20.8 Å². The Balaban J connectivity index is 1.82. The van der Waals surface area contributed by atoms with Gasteiger partial charge >= 0.3 is 5.63 Å². The number of halogens is 1. The van der Waals surface area contributed by atoms with E-state index in [0.29, 0.717) is 23.1 Å². The first-order valence-electron chi connectivity index (χ1n) is 10.0. The second kappa shape index (κ2) is 8.44. The molecule has 7 heteroatoms. The number of benzene rings is 3. The number of fused-ring (bicyclic) bond motifs is 1. The fourth-order valence-corrected chi connectivity index (χ4v) is 4.48. The summed E-state index contributed by atoms with van der Waals surface area (Å²) in [5.74, 6) is -1.09. The highest BCUT2D eigenvalue weighted by atomic mass is 32.2. The third-order valence-electron chi connectivity index (χ3n) is 5.14. The van der Waals surface area contributed by atoms with Gasteiger partial charge in [-0.15, -0.1) is 0 Å². The average Bonchev–Trinajstić information content (AvgIpc) is 2.83. The lowest BCUT2D eigenvalue weighted by Crippen LogP contribution is -2.21. The number of para-hydroxylation sites is 1. The predicted octanol–water partition coefficient (Wildman–Crippen LogP) is 5.61. The van der Waals surface area contributed by atoms with Crippen LogP contribution in [0.2, 0.25) is 0 Å². The van der Waals surface area contributed by atoms with Crippen LogP contribution in [0.5, 0.6) is 5.75 Å². The molecule has 0 saturated carbocycles. The largest absolute Gasteiger partial charge is 0.505 e. The molecule has 5 nitrogen and oxygen atoms in total. The van der Waals surface area contributed by atoms with Crippen LogP contribution in [-0.2, 0) is 0 Å². The lowest BCUT2D eigenvalue weighted by Gasteiger charge is -2.15. The van der Waals surface area contributed by atoms with Gasteiger partial charge in [-0.25, -0.2) is 9.18 Å². The third kappa shape index (κ3) is 3.72. The molecule has 0 spiro atoms. The zero-order valence-electron chi connectivity index (χ0n) is 17.1. The highest BCUT2D eigenvalue weighted by Crippen LogP contribution is 2.37. The molecule has 5 rings (SSSR count). The summed E-state index contributed by atoms with van der Waals surface area (Å²) in [7, 11) is 0. The van der Waals surface area contributed by atoms with Crippen LogP contribution in [0, 0.1) is 5.82 Å². The minimum absolute atomic E-state index is 0.0496. The molecule has 2 heterocycles. The smallest absolute Gasteiger partial charge is 0.354 e. The second-order valence-electron chi connectivity index (χ2n) is 7.21. The van der Waals surface area contributed by atoms with Gasteiger partial charge in [0.15, 0.2) is 5.75 Å². The molecule has 5 aromatic rings. The number of pyridine rings is 1. The van der Waals surface area contributed by atoms with Gasteiger partial charge in [0.2, 0.25) is 0 Å². The number of hydrogen-bond acceptors (Lipinski definition) is 5. The molecule has 162 valence electrons. The van der Waals surface area contributed by atoms with E-state index in [2.05, 4.69) is 0 Å². The van der Waals surface area contributed by atoms with Crippen LogP contribution in [-0.4, -0.2) is 9.67 Å². The van der Waals surface area contributed by atoms with E-state index in [1.54, 1.807) is 36.4 Å². The van der Waals surface area contributed by atoms with Crippen LogP contribution in [0.1, 0.15) is 0 Å². The van der Waals surface area contributed by atoms with Crippen molar-refractivity contribution in [2.45, 2.75) is 9.79 Å². The van der Waals surface area contributed by atoms with E-state index in [1.807, 2.05) is 36.4 Å². The molecule has 1 N–H and O–H groups in total. The van der Waals surface area contributed by atoms with Gasteiger partial charge in [0.1, 0.15) is 21.7 Å². The predicted molar refractivity (Wildman–Crippen MR) is 126 cm³/mol. The maximum Gasteiger partial charge on any atom is 0.354 e. The third-order valence-corrected chi connectivity index (χ3v) is 6.26. The molecular formula is C26H16FNO4S. The summed E-state index contributed by atoms with van der Waals surface area (Å²) in [5.41, 5.74) is 0.338. The number of rotatable bonds is 4. The fraction of sp³-hybridized carbons (Fsp3) is 0. The van der Waals surface area contributed by atoms with Gasteiger partial charge in [-0.2, -0.15) is 0 Å². The summed E-state index contributed by atoms with van der Waals surface area (Å²) in [5, 5.41) is 10.8. The standard InChI is InChI=1S/C26H16FNO4S/c27-18-13-7-8-14-21(18)33-24-23(29)22-20(32-26(24)31)15-19(16-9-3-1-4-10-16)28(25(22)30)17-11-5-2-6-12-17/h1-15,29H. The van der Waals surface area contributed by atoms with Crippen molar-refractivity contribution in [1.29, 1.82) is 0 Å². The molecule has 0 aliphatic carbocycles. The van der Waals surface area contributed by atoms with Gasteiger partial charge in [0, 0.05) is 16.6 Å². The SMILES string of the molecule is O=c1oc2cc(-c3ccccc3)n(-c3ccccc3)c(=O)c2c(O)c1Sc1ccccc1F. The zero-order valence-corrected chi connectivity index (χ0v) is 17.9. The van der Waals surface area contributed by atoms with Crippen LogP contribution >= 0.6 is 11.8 Å². The summed E-state index contributed by atoms with van der Waals surface area (Å²) >= 11 is 0.714. The summed E-state index contributed by atoms with van der Waals surface area (Å²) in [6.07, 6.45) is 0. The first-order chi connectivity index (χ1) is 16.0. The molecule has 0 bridgehead atoms. The van der Waals surface area contributed by atoms with Crippen LogP contribution in [0.15, 0.2) is 115 Å². The van der Waals surface area contributed by atoms with E-state index in [0.717, 1.165) is 5.56 Å². The van der Waals surface area contributed by atoms with Crippen molar-refractivity contribution in [1.82, 2.24) is 4.57 Å². The summed E-state index contributed by atoms with van der Waals surface area (Å²) in [6, 6.07) is 25.6. The van der Waals surface area contributed by atoms with E-state index >= 15 is 0 Å². The quantitative estimate of drug-likeness (QED) is 0.380. The average molecular weight is 457 g/mol. The summed E-state index contributed by atoms with van der Waals surface area (Å²) in [6.45, 7) is 0. The Morgan fingerprint density at radius 3 is 2.18 bits per heavy atom. The Bertz CT molecular complexity index is 1590. The maximum atomic E-state index is 14.2. The Morgan fingerprint density at radius 2 is 1.48 bits per heavy atom. The zero-order chi connectivity index (χ0) is 22.9. The summed E-state index contributed by atoms with van der Waals surface area (Å²) < 4.78 is 21.1. The van der Waals surface area contributed by atoms with E-state index < -0.39 is 22.8 Å². The molecule has 0 amide bonds. The van der Waals surface area contributed by atoms with Crippen LogP contribution in [0.4, 0.5) is 4.39 Å². The van der Waals surface area contributed by atoms with E-state index in [1.165, 1.54) is 22.8 Å². The summed E-state index contributed by atoms with van der Waals surface area (Å²) in [4.78, 5) is 26.3. The molecule has 0 aliphatic heterocycles. The lowest BCUT2D eigenvalue weighted by molar-refractivity contribution is 0.446. The molecule has 0 fully saturated rings. The van der Waals surface area contributed by atoms with Crippen molar-refractivity contribution in [3.63, 3.8) is 0 Å². The second-order valence-corrected chi connectivity index (χ2v) is 8.26. The maximum absolute atomic E-state index is 14.2. The first kappa shape index (κ1) is 20.8. The van der Waals surface area contributed by atoms with Gasteiger partial charge in [0.05, 0.1) is 5.69 Å². The first-order valence-corrected chi connectivity index (χ1v) is 10.9. The normalized spacial score (nSPS) is 11.1. The fourth-order valence-electron chi connectivity index (χ4n) is 3.62. The molecule has 33 heavy (non-hydrogen) atoms. The van der Waals surface area contributed by atoms with Crippen molar-refractivity contribution in [3.05, 3.63) is 118 Å². The van der Waals surface area contributed by atoms with Crippen molar-refractivity contribution in [2.75, 3.05) is 0 Å². The Kier molecular flexibility index (Phi) is 5.32. The molecule has 0 radical (unpaired) electrons. The van der Waals surface area contributed by atoms with Crippen molar-refractivity contribution in [3.8, 4) is 22.7 Å². The number of nitrogens with zero attached hydrogens (tertiary/aromatic N) is 1. The Labute approximate surface area is 191 Å². The highest BCUT2D eigenvalue weighted by Gasteiger charge is 2.22. The van der Waals surface area contributed by atoms with Crippen LogP contribution in [0.3, 0.4) is 0 Å². The van der Waals surface area contributed by atoms with Gasteiger partial charge in [-0.05, 0) is 29.8 Å². The lowest BCUT2D eigenvalue weighted by atomic mass is 10.1. The topological polar surface area (TPSA) is 72.4 Å². The molecule has 0 atom stereocenters. The minimum Gasteiger partial charge on any atom is -0.505 e. The van der Waals surface area contributed by atoms with Gasteiger partial charge in [0.25, 0.3) is 5.56 Å². The van der Waals surface area contributed by atoms with Crippen molar-refractivity contribution in [2.24, 2.45) is 0 Å². The van der Waals surface area contributed by atoms with Gasteiger partial charge < -0.3 is 9.52 Å². The number of aromatic hydroxyl groups is 1. The molecule has 3 aromatic carbocycles. The van der Waals surface area contributed by atoms with Crippen LogP contribution in [0.25, 0.3) is 27.9 Å². The minimum atomic E-state index is -0.857. The molecular weight excluding hydrogens is 441 g/mol. The van der Waals surface area contributed by atoms with Crippen molar-refractivity contribution >= 4 is 22.7 Å². The number of hydrogen-bond donors (Lipinski definition) is 1. The molecule has 2 aromatic heterocycles. The monoisotopic (exact) mass is 457 g/mol. The van der Waals surface area contributed by atoms with Crippen LogP contribution < -0.4 is 11.2 Å². The van der Waals surface area contributed by atoms with E-state index in [9.17, 15) is 19.1 Å². The van der Waals surface area contributed by atoms with Crippen molar-refractivity contribution < 1.29 is 13.9 Å². The molecule has 0 saturated heterocycles. The Morgan fingerprint density at radius 1 is 0.848 bits per heavy atom. The highest BCUT2D eigenvalue weighted by molar-refractivity contribution is 7.99. The molecule has 0 aliphatic rings. The van der Waals surface area contributed by atoms with Gasteiger partial charge in [-0.3, -0.25) is 9.36 Å². The Hall–Kier alpha value is -4.10. The molecule has 0 unspecified atom stereocenters. The van der Waals surface area contributed by atoms with Gasteiger partial charge in [-0.1, -0.05) is 72.4 Å². The van der Waals surface area contributed by atoms with E-state index in [4.69, 9.17) is 4.42 Å².